The first-order valence-corrected chi connectivity index (χ1v) is 23.0. The number of phenols is 2. The summed E-state index contributed by atoms with van der Waals surface area (Å²) in [6.07, 6.45) is 0. The zero-order valence-corrected chi connectivity index (χ0v) is 49.1. The number of nitrogens with zero attached hydrogens (tertiary/aromatic N) is 5. The number of nitrogens with one attached hydrogen (secondary N) is 3. The van der Waals surface area contributed by atoms with Crippen LogP contribution >= 0.6 is 0 Å². The van der Waals surface area contributed by atoms with Crippen molar-refractivity contribution < 1.29 is 61.1 Å². The Balaban J connectivity index is 0.00000296. The van der Waals surface area contributed by atoms with E-state index in [4.69, 9.17) is 0 Å². The molecular formula is C47H34N8Na4O13S2. The molecule has 8 aromatic carbocycles. The number of para-hydroxylation sites is 2. The van der Waals surface area contributed by atoms with Crippen molar-refractivity contribution in [2.24, 2.45) is 25.4 Å². The number of hydrogen-bond acceptors (Lipinski definition) is 15. The van der Waals surface area contributed by atoms with Crippen molar-refractivity contribution in [1.82, 2.24) is 0 Å². The van der Waals surface area contributed by atoms with E-state index in [1.165, 1.54) is 36.4 Å². The molecule has 0 fully saturated rings. The second-order valence-corrected chi connectivity index (χ2v) is 17.7. The molecular weight excluding hydrogens is 1040 g/mol. The number of anilines is 5. The van der Waals surface area contributed by atoms with Crippen LogP contribution in [0, 0.1) is 0 Å². The van der Waals surface area contributed by atoms with E-state index < -0.39 is 82.0 Å². The van der Waals surface area contributed by atoms with Crippen LogP contribution in [0.25, 0.3) is 21.5 Å². The number of rotatable bonds is 14. The van der Waals surface area contributed by atoms with Crippen molar-refractivity contribution in [1.29, 1.82) is 0 Å². The van der Waals surface area contributed by atoms with Gasteiger partial charge in [0, 0.05) is 157 Å². The van der Waals surface area contributed by atoms with Crippen molar-refractivity contribution in [2.45, 2.75) is 9.79 Å². The minimum atomic E-state index is -5.03. The third-order valence-electron chi connectivity index (χ3n) is 10.2. The summed E-state index contributed by atoms with van der Waals surface area (Å²) in [6, 6.07) is 35.2. The van der Waals surface area contributed by atoms with E-state index in [0.29, 0.717) is 11.4 Å². The predicted octanol–water partition coefficient (Wildman–Crippen LogP) is 9.75. The summed E-state index contributed by atoms with van der Waals surface area (Å²) in [5.74, 6) is -4.47. The Morgan fingerprint density at radius 3 is 1.27 bits per heavy atom. The Hall–Kier alpha value is -5.29. The van der Waals surface area contributed by atoms with Crippen LogP contribution in [0.4, 0.5) is 56.9 Å². The molecule has 0 saturated heterocycles. The fraction of sp³-hybridized carbons (Fsp3) is 0. The number of aromatic hydroxyl groups is 2. The summed E-state index contributed by atoms with van der Waals surface area (Å²) >= 11 is 0. The van der Waals surface area contributed by atoms with Gasteiger partial charge < -0.3 is 41.5 Å². The number of carboxylic acid groups (broad SMARTS) is 2. The van der Waals surface area contributed by atoms with Gasteiger partial charge in [0.05, 0.1) is 16.8 Å². The van der Waals surface area contributed by atoms with Gasteiger partial charge in [0.2, 0.25) is 0 Å². The summed E-state index contributed by atoms with van der Waals surface area (Å²) in [7, 11) is -10.1. The molecule has 4 radical (unpaired) electrons. The van der Waals surface area contributed by atoms with E-state index in [9.17, 15) is 61.1 Å². The molecule has 10 N–H and O–H groups in total. The molecule has 21 nitrogen and oxygen atoms in total. The fourth-order valence-electron chi connectivity index (χ4n) is 7.03. The van der Waals surface area contributed by atoms with Gasteiger partial charge in [-0.2, -0.15) is 21.8 Å². The second kappa shape index (κ2) is 26.0. The predicted molar refractivity (Wildman–Crippen MR) is 282 cm³/mol. The molecule has 8 rings (SSSR count). The van der Waals surface area contributed by atoms with Gasteiger partial charge in [-0.1, -0.05) is 36.4 Å². The van der Waals surface area contributed by atoms with Crippen molar-refractivity contribution in [3.8, 4) is 11.5 Å². The quantitative estimate of drug-likeness (QED) is 0.0159. The number of aliphatic imine (C=N–C) groups is 1. The van der Waals surface area contributed by atoms with Gasteiger partial charge in [0.25, 0.3) is 26.3 Å². The van der Waals surface area contributed by atoms with Crippen LogP contribution in [0.3, 0.4) is 0 Å². The molecule has 356 valence electrons. The standard InChI is InChI=1S/C47H34N8O13S2.4Na/c56-43-33-15-11-29(48-27-7-3-1-4-8-27)19-25(33)21-39(69(63,64)65)41(43)54-52-37-17-13-31(23-35(37)45(58)59)50-47(62)51-32-14-18-38(36(24-32)46(60)61)53-55-42-40(70(66,67)68)22-26-20-30(12-16-34(26)44(42)57)49-28-9-5-2-6-10-28;;;;/h1-24,48-49,56-57H,(H,58,59)(H,60,61)(H2,50,51,62)(H,63,64,65)(H,66,67,68);;;;. The van der Waals surface area contributed by atoms with E-state index in [0.717, 1.165) is 47.8 Å². The third-order valence-corrected chi connectivity index (χ3v) is 12.0. The van der Waals surface area contributed by atoms with Crippen LogP contribution in [0.2, 0.25) is 0 Å². The molecule has 74 heavy (non-hydrogen) atoms. The number of carbonyl (C=O) groups is 2. The van der Waals surface area contributed by atoms with E-state index in [1.807, 2.05) is 12.1 Å². The number of aliphatic hydroxyl groups is 1. The van der Waals surface area contributed by atoms with Crippen LogP contribution in [-0.2, 0) is 20.2 Å². The van der Waals surface area contributed by atoms with Gasteiger partial charge in [-0.15, -0.1) is 20.5 Å². The number of fused-ring (bicyclic) bond motifs is 2. The summed E-state index contributed by atoms with van der Waals surface area (Å²) < 4.78 is 70.1. The molecule has 0 amide bonds. The average molecular weight is 1070 g/mol. The topological polar surface area (TPSA) is 342 Å². The SMILES string of the molecule is O=C(O)c1cc(N=C(O)Nc2ccc(N=Nc3c(S(=O)(=O)O)cc4cc(Nc5ccccc5)ccc4c3O)c(C(=O)O)c2)ccc1N=Nc1c(S(=O)(=O)O)cc2cc(Nc3ccccc3)ccc2c1O.[Na].[Na].[Na].[Na]. The van der Waals surface area contributed by atoms with Crippen LogP contribution in [0.15, 0.2) is 181 Å². The Kier molecular flexibility index (Phi) is 21.5. The van der Waals surface area contributed by atoms with Gasteiger partial charge in [0.15, 0.2) is 11.5 Å². The molecule has 0 heterocycles. The number of carboxylic acids is 2. The van der Waals surface area contributed by atoms with Gasteiger partial charge in [0.1, 0.15) is 32.5 Å². The normalized spacial score (nSPS) is 11.5. The minimum absolute atomic E-state index is 0. The number of phenolic OH excluding ortho intramolecular Hbond substituents is 2. The number of aliphatic hydroxyl groups excluding tert-OH is 1. The molecule has 0 bridgehead atoms. The van der Waals surface area contributed by atoms with E-state index in [2.05, 4.69) is 41.4 Å². The first-order chi connectivity index (χ1) is 33.3. The Bertz CT molecular complexity index is 3770. The van der Waals surface area contributed by atoms with Gasteiger partial charge in [-0.25, -0.2) is 9.59 Å². The summed E-state index contributed by atoms with van der Waals surface area (Å²) in [5.41, 5.74) is -0.913. The molecule has 0 aliphatic rings. The maximum Gasteiger partial charge on any atom is 0.338 e. The molecule has 0 aliphatic heterocycles. The first kappa shape index (κ1) is 61.3. The van der Waals surface area contributed by atoms with Crippen molar-refractivity contribution in [3.05, 3.63) is 157 Å². The monoisotopic (exact) mass is 1070 g/mol. The smallest absolute Gasteiger partial charge is 0.338 e. The van der Waals surface area contributed by atoms with Gasteiger partial charge in [-0.05, 0) is 120 Å². The molecule has 0 spiro atoms. The summed E-state index contributed by atoms with van der Waals surface area (Å²) in [4.78, 5) is 26.9. The van der Waals surface area contributed by atoms with Gasteiger partial charge >= 0.3 is 11.9 Å². The van der Waals surface area contributed by atoms with Crippen LogP contribution in [0.5, 0.6) is 11.5 Å². The molecule has 8 aromatic rings. The molecule has 0 aliphatic carbocycles. The number of hydrogen-bond donors (Lipinski definition) is 10. The zero-order chi connectivity index (χ0) is 49.9. The van der Waals surface area contributed by atoms with Crippen molar-refractivity contribution >= 4 is 235 Å². The summed E-state index contributed by atoms with van der Waals surface area (Å²) in [5, 5.41) is 77.8. The molecule has 0 saturated carbocycles. The minimum Gasteiger partial charge on any atom is -0.505 e. The van der Waals surface area contributed by atoms with Crippen LogP contribution in [-0.4, -0.2) is 188 Å². The van der Waals surface area contributed by atoms with Crippen molar-refractivity contribution in [2.75, 3.05) is 16.0 Å². The molecule has 0 aromatic heterocycles. The van der Waals surface area contributed by atoms with E-state index in [1.54, 1.807) is 60.7 Å². The van der Waals surface area contributed by atoms with E-state index in [-0.39, 0.29) is 163 Å². The Labute approximate surface area is 509 Å². The van der Waals surface area contributed by atoms with E-state index >= 15 is 0 Å². The van der Waals surface area contributed by atoms with Crippen molar-refractivity contribution in [3.63, 3.8) is 0 Å². The van der Waals surface area contributed by atoms with Gasteiger partial charge in [-0.3, -0.25) is 9.11 Å². The third kappa shape index (κ3) is 14.5. The average Bonchev–Trinajstić information content (AvgIpc) is 3.31. The number of aromatic carboxylic acids is 2. The number of azo groups is 2. The first-order valence-electron chi connectivity index (χ1n) is 20.1. The Morgan fingerprint density at radius 1 is 0.446 bits per heavy atom. The molecule has 0 unspecified atom stereocenters. The van der Waals surface area contributed by atoms with Crippen LogP contribution in [0.1, 0.15) is 20.7 Å². The maximum atomic E-state index is 12.5. The largest absolute Gasteiger partial charge is 0.505 e. The Morgan fingerprint density at radius 2 is 0.851 bits per heavy atom. The summed E-state index contributed by atoms with van der Waals surface area (Å²) in [6.45, 7) is 0. The number of benzene rings is 8. The maximum absolute atomic E-state index is 12.5. The van der Waals surface area contributed by atoms with Crippen LogP contribution < -0.4 is 16.0 Å². The molecule has 27 heteroatoms. The zero-order valence-electron chi connectivity index (χ0n) is 39.5. The second-order valence-electron chi connectivity index (χ2n) is 15.0. The number of amidine groups is 1. The fourth-order valence-corrected chi connectivity index (χ4v) is 8.35. The molecule has 0 atom stereocenters.